The minimum absolute atomic E-state index is 0.0275. The van der Waals surface area contributed by atoms with Crippen LogP contribution >= 0.6 is 0 Å². The fraction of sp³-hybridized carbons (Fsp3) is 0.538. The third-order valence-electron chi connectivity index (χ3n) is 4.17. The van der Waals surface area contributed by atoms with Crippen molar-refractivity contribution in [3.63, 3.8) is 0 Å². The number of aromatic nitrogens is 1. The maximum atomic E-state index is 12.4. The van der Waals surface area contributed by atoms with E-state index in [2.05, 4.69) is 17.2 Å². The summed E-state index contributed by atoms with van der Waals surface area (Å²) in [6, 6.07) is 1.73. The topological polar surface area (TPSA) is 65.5 Å². The third-order valence-corrected chi connectivity index (χ3v) is 4.17. The highest BCUT2D eigenvalue weighted by Gasteiger charge is 2.43. The largest absolute Gasteiger partial charge is 0.506 e. The average molecular weight is 247 g/mol. The lowest BCUT2D eigenvalue weighted by Gasteiger charge is -2.24. The van der Waals surface area contributed by atoms with Crippen LogP contribution in [-0.4, -0.2) is 46.6 Å². The molecular weight excluding hydrogens is 230 g/mol. The summed E-state index contributed by atoms with van der Waals surface area (Å²) in [5, 5.41) is 12.8. The number of carbonyl (C=O) groups excluding carboxylic acids is 1. The van der Waals surface area contributed by atoms with Gasteiger partial charge in [-0.2, -0.15) is 0 Å². The number of hydrogen-bond acceptors (Lipinski definition) is 4. The number of likely N-dealkylation sites (tertiary alicyclic amines) is 1. The van der Waals surface area contributed by atoms with Crippen LogP contribution in [0.1, 0.15) is 17.3 Å². The van der Waals surface area contributed by atoms with Crippen LogP contribution in [0, 0.1) is 11.8 Å². The van der Waals surface area contributed by atoms with Crippen LogP contribution in [-0.2, 0) is 0 Å². The van der Waals surface area contributed by atoms with Crippen LogP contribution in [0.5, 0.6) is 5.75 Å². The summed E-state index contributed by atoms with van der Waals surface area (Å²) < 4.78 is 0. The zero-order chi connectivity index (χ0) is 12.7. The number of hydrogen-bond donors (Lipinski definition) is 2. The molecule has 96 valence electrons. The molecule has 0 bridgehead atoms. The Kier molecular flexibility index (Phi) is 2.70. The number of fused-ring (bicyclic) bond motifs is 1. The molecule has 5 heteroatoms. The maximum Gasteiger partial charge on any atom is 0.255 e. The molecule has 2 aliphatic rings. The Bertz CT molecular complexity index is 477. The van der Waals surface area contributed by atoms with Crippen molar-refractivity contribution in [1.29, 1.82) is 0 Å². The van der Waals surface area contributed by atoms with E-state index in [4.69, 9.17) is 0 Å². The number of pyridine rings is 1. The van der Waals surface area contributed by atoms with Gasteiger partial charge in [0.25, 0.3) is 5.91 Å². The highest BCUT2D eigenvalue weighted by molar-refractivity contribution is 5.94. The van der Waals surface area contributed by atoms with Gasteiger partial charge in [-0.05, 0) is 24.8 Å². The maximum absolute atomic E-state index is 12.4. The van der Waals surface area contributed by atoms with Gasteiger partial charge in [-0.15, -0.1) is 0 Å². The number of nitrogens with zero attached hydrogens (tertiary/aromatic N) is 2. The van der Waals surface area contributed by atoms with Crippen molar-refractivity contribution < 1.29 is 9.90 Å². The minimum Gasteiger partial charge on any atom is -0.506 e. The smallest absolute Gasteiger partial charge is 0.255 e. The lowest BCUT2D eigenvalue weighted by atomic mass is 9.95. The Labute approximate surface area is 106 Å². The molecule has 3 rings (SSSR count). The first kappa shape index (κ1) is 11.5. The fourth-order valence-corrected chi connectivity index (χ4v) is 3.15. The summed E-state index contributed by atoms with van der Waals surface area (Å²) in [6.45, 7) is 4.89. The predicted octanol–water partition coefficient (Wildman–Crippen LogP) is 0.467. The minimum atomic E-state index is -0.0275. The second-order valence-electron chi connectivity index (χ2n) is 5.21. The molecule has 3 heterocycles. The van der Waals surface area contributed by atoms with Crippen LogP contribution in [0.15, 0.2) is 18.5 Å². The number of amides is 1. The zero-order valence-electron chi connectivity index (χ0n) is 10.3. The first-order chi connectivity index (χ1) is 8.66. The van der Waals surface area contributed by atoms with Gasteiger partial charge in [-0.25, -0.2) is 0 Å². The van der Waals surface area contributed by atoms with Crippen molar-refractivity contribution >= 4 is 5.91 Å². The summed E-state index contributed by atoms with van der Waals surface area (Å²) in [7, 11) is 0. The van der Waals surface area contributed by atoms with Gasteiger partial charge in [0, 0.05) is 31.9 Å². The van der Waals surface area contributed by atoms with Gasteiger partial charge in [-0.3, -0.25) is 9.78 Å². The molecule has 0 aliphatic carbocycles. The Morgan fingerprint density at radius 1 is 1.50 bits per heavy atom. The van der Waals surface area contributed by atoms with Crippen molar-refractivity contribution in [1.82, 2.24) is 15.2 Å². The average Bonchev–Trinajstić information content (AvgIpc) is 2.92. The molecule has 2 N–H and O–H groups in total. The van der Waals surface area contributed by atoms with E-state index >= 15 is 0 Å². The number of carbonyl (C=O) groups is 1. The van der Waals surface area contributed by atoms with E-state index in [1.807, 2.05) is 4.90 Å². The van der Waals surface area contributed by atoms with Crippen molar-refractivity contribution in [2.24, 2.45) is 11.8 Å². The Hall–Kier alpha value is -1.62. The van der Waals surface area contributed by atoms with Crippen LogP contribution in [0.2, 0.25) is 0 Å². The summed E-state index contributed by atoms with van der Waals surface area (Å²) in [4.78, 5) is 18.2. The Morgan fingerprint density at radius 3 is 3.06 bits per heavy atom. The highest BCUT2D eigenvalue weighted by Crippen LogP contribution is 2.33. The van der Waals surface area contributed by atoms with Gasteiger partial charge >= 0.3 is 0 Å². The normalized spacial score (nSPS) is 30.5. The summed E-state index contributed by atoms with van der Waals surface area (Å²) in [5.74, 6) is 1.13. The molecule has 18 heavy (non-hydrogen) atoms. The van der Waals surface area contributed by atoms with Gasteiger partial charge in [0.2, 0.25) is 0 Å². The zero-order valence-corrected chi connectivity index (χ0v) is 10.3. The van der Waals surface area contributed by atoms with E-state index in [0.717, 1.165) is 19.6 Å². The van der Waals surface area contributed by atoms with Crippen LogP contribution in [0.3, 0.4) is 0 Å². The molecule has 2 aliphatic heterocycles. The second kappa shape index (κ2) is 4.24. The number of rotatable bonds is 1. The summed E-state index contributed by atoms with van der Waals surface area (Å²) in [6.07, 6.45) is 2.85. The van der Waals surface area contributed by atoms with Gasteiger partial charge in [0.1, 0.15) is 5.75 Å². The molecule has 3 unspecified atom stereocenters. The molecule has 3 atom stereocenters. The molecule has 0 spiro atoms. The van der Waals surface area contributed by atoms with E-state index in [-0.39, 0.29) is 17.7 Å². The summed E-state index contributed by atoms with van der Waals surface area (Å²) in [5.41, 5.74) is 0.467. The molecule has 1 amide bonds. The van der Waals surface area contributed by atoms with Crippen molar-refractivity contribution in [2.45, 2.75) is 13.0 Å². The first-order valence-electron chi connectivity index (χ1n) is 6.32. The summed E-state index contributed by atoms with van der Waals surface area (Å²) >= 11 is 0. The van der Waals surface area contributed by atoms with Crippen LogP contribution < -0.4 is 5.32 Å². The second-order valence-corrected chi connectivity index (χ2v) is 5.21. The van der Waals surface area contributed by atoms with Gasteiger partial charge < -0.3 is 15.3 Å². The van der Waals surface area contributed by atoms with Crippen molar-refractivity contribution in [3.8, 4) is 5.75 Å². The molecule has 0 saturated carbocycles. The highest BCUT2D eigenvalue weighted by atomic mass is 16.3. The van der Waals surface area contributed by atoms with Crippen LogP contribution in [0.4, 0.5) is 0 Å². The monoisotopic (exact) mass is 247 g/mol. The van der Waals surface area contributed by atoms with Crippen molar-refractivity contribution in [2.75, 3.05) is 19.6 Å². The SMILES string of the molecule is CC1C2CNCC2CN1C(=O)c1cncc(O)c1. The molecule has 0 aromatic carbocycles. The van der Waals surface area contributed by atoms with Gasteiger partial charge in [-0.1, -0.05) is 0 Å². The number of aromatic hydroxyl groups is 1. The molecule has 5 nitrogen and oxygen atoms in total. The first-order valence-corrected chi connectivity index (χ1v) is 6.32. The molecule has 1 aromatic rings. The molecule has 2 fully saturated rings. The van der Waals surface area contributed by atoms with E-state index < -0.39 is 0 Å². The van der Waals surface area contributed by atoms with Gasteiger partial charge in [0.05, 0.1) is 11.8 Å². The predicted molar refractivity (Wildman–Crippen MR) is 66.3 cm³/mol. The molecule has 0 radical (unpaired) electrons. The van der Waals surface area contributed by atoms with E-state index in [1.54, 1.807) is 0 Å². The Balaban J connectivity index is 1.81. The lowest BCUT2D eigenvalue weighted by molar-refractivity contribution is 0.0727. The quantitative estimate of drug-likeness (QED) is 0.757. The standard InChI is InChI=1S/C13H17N3O2/c1-8-12-6-15-4-10(12)7-16(8)13(18)9-2-11(17)5-14-3-9/h2-3,5,8,10,12,15,17H,4,6-7H2,1H3. The molecular formula is C13H17N3O2. The fourth-order valence-electron chi connectivity index (χ4n) is 3.15. The van der Waals surface area contributed by atoms with Crippen molar-refractivity contribution in [3.05, 3.63) is 24.0 Å². The van der Waals surface area contributed by atoms with Crippen LogP contribution in [0.25, 0.3) is 0 Å². The lowest BCUT2D eigenvalue weighted by Crippen LogP contribution is -2.38. The van der Waals surface area contributed by atoms with E-state index in [0.29, 0.717) is 17.4 Å². The third kappa shape index (κ3) is 1.75. The van der Waals surface area contributed by atoms with E-state index in [9.17, 15) is 9.90 Å². The van der Waals surface area contributed by atoms with Gasteiger partial charge in [0.15, 0.2) is 0 Å². The molecule has 1 aromatic heterocycles. The van der Waals surface area contributed by atoms with E-state index in [1.165, 1.54) is 18.5 Å². The number of nitrogens with one attached hydrogen (secondary N) is 1. The Morgan fingerprint density at radius 2 is 2.33 bits per heavy atom. The molecule has 2 saturated heterocycles.